The van der Waals surface area contributed by atoms with Crippen LogP contribution in [0.15, 0.2) is 41.4 Å². The molecule has 0 radical (unpaired) electrons. The molecule has 0 bridgehead atoms. The van der Waals surface area contributed by atoms with Crippen molar-refractivity contribution in [3.63, 3.8) is 0 Å². The summed E-state index contributed by atoms with van der Waals surface area (Å²) >= 11 is 7.53. The summed E-state index contributed by atoms with van der Waals surface area (Å²) in [5.74, 6) is 0. The molecule has 2 nitrogen and oxygen atoms in total. The smallest absolute Gasteiger partial charge is 0.0826 e. The maximum atomic E-state index is 5.95. The molecule has 0 unspecified atom stereocenters. The average molecular weight is 247 g/mol. The zero-order chi connectivity index (χ0) is 11.0. The van der Waals surface area contributed by atoms with Gasteiger partial charge in [-0.25, -0.2) is 4.98 Å². The summed E-state index contributed by atoms with van der Waals surface area (Å²) in [4.78, 5) is 8.65. The summed E-state index contributed by atoms with van der Waals surface area (Å²) in [7, 11) is 0. The van der Waals surface area contributed by atoms with Gasteiger partial charge in [0.2, 0.25) is 0 Å². The largest absolute Gasteiger partial charge is 0.256 e. The third-order valence-corrected chi connectivity index (χ3v) is 3.19. The molecule has 0 aliphatic carbocycles. The molecule has 4 heteroatoms. The van der Waals surface area contributed by atoms with Crippen molar-refractivity contribution in [2.24, 2.45) is 0 Å². The van der Waals surface area contributed by atoms with E-state index in [1.807, 2.05) is 35.3 Å². The summed E-state index contributed by atoms with van der Waals surface area (Å²) in [6, 6.07) is 7.74. The van der Waals surface area contributed by atoms with E-state index in [1.54, 1.807) is 11.3 Å². The zero-order valence-corrected chi connectivity index (χ0v) is 9.79. The van der Waals surface area contributed by atoms with E-state index in [0.29, 0.717) is 0 Å². The van der Waals surface area contributed by atoms with Gasteiger partial charge in [-0.2, -0.15) is 0 Å². The number of fused-ring (bicyclic) bond motifs is 1. The first-order valence-corrected chi connectivity index (χ1v) is 6.09. The number of aromatic nitrogens is 2. The van der Waals surface area contributed by atoms with Gasteiger partial charge in [0.25, 0.3) is 0 Å². The second-order valence-corrected chi connectivity index (χ2v) is 4.59. The van der Waals surface area contributed by atoms with Gasteiger partial charge in [0.1, 0.15) is 0 Å². The second kappa shape index (κ2) is 3.85. The predicted molar refractivity (Wildman–Crippen MR) is 67.9 cm³/mol. The number of pyridine rings is 1. The summed E-state index contributed by atoms with van der Waals surface area (Å²) in [5.41, 5.74) is 4.75. The lowest BCUT2D eigenvalue weighted by Gasteiger charge is -2.00. The van der Waals surface area contributed by atoms with Crippen LogP contribution in [0.4, 0.5) is 0 Å². The van der Waals surface area contributed by atoms with Gasteiger partial charge < -0.3 is 0 Å². The molecule has 78 valence electrons. The van der Waals surface area contributed by atoms with Crippen LogP contribution in [0.2, 0.25) is 5.02 Å². The third kappa shape index (κ3) is 1.68. The highest BCUT2D eigenvalue weighted by molar-refractivity contribution is 7.07. The Morgan fingerprint density at radius 2 is 2.06 bits per heavy atom. The monoisotopic (exact) mass is 246 g/mol. The van der Waals surface area contributed by atoms with Crippen LogP contribution in [0.3, 0.4) is 0 Å². The second-order valence-electron chi connectivity index (χ2n) is 3.43. The van der Waals surface area contributed by atoms with Crippen LogP contribution in [0, 0.1) is 0 Å². The molecule has 0 spiro atoms. The number of thiazole rings is 1. The zero-order valence-electron chi connectivity index (χ0n) is 8.22. The van der Waals surface area contributed by atoms with Gasteiger partial charge in [-0.3, -0.25) is 4.98 Å². The van der Waals surface area contributed by atoms with Crippen molar-refractivity contribution in [2.45, 2.75) is 0 Å². The maximum Gasteiger partial charge on any atom is 0.0826 e. The van der Waals surface area contributed by atoms with Crippen LogP contribution in [-0.2, 0) is 0 Å². The van der Waals surface area contributed by atoms with E-state index in [9.17, 15) is 0 Å². The van der Waals surface area contributed by atoms with E-state index < -0.39 is 0 Å². The van der Waals surface area contributed by atoms with Crippen molar-refractivity contribution in [1.82, 2.24) is 9.97 Å². The Kier molecular flexibility index (Phi) is 2.35. The van der Waals surface area contributed by atoms with Gasteiger partial charge in [-0.05, 0) is 24.3 Å². The Morgan fingerprint density at radius 3 is 2.88 bits per heavy atom. The van der Waals surface area contributed by atoms with E-state index in [2.05, 4.69) is 16.0 Å². The summed E-state index contributed by atoms with van der Waals surface area (Å²) < 4.78 is 0. The molecule has 2 aromatic heterocycles. The predicted octanol–water partition coefficient (Wildman–Crippen LogP) is 4.01. The molecule has 0 N–H and O–H groups in total. The fraction of sp³-hybridized carbons (Fsp3) is 0. The van der Waals surface area contributed by atoms with Crippen LogP contribution in [0.5, 0.6) is 0 Å². The lowest BCUT2D eigenvalue weighted by molar-refractivity contribution is 1.36. The molecular formula is C12H7ClN2S. The standard InChI is InChI=1S/C12H7ClN2S/c13-10-1-2-11-8(4-10)3-9(5-14-11)12-6-16-7-15-12/h1-7H. The van der Waals surface area contributed by atoms with Crippen molar-refractivity contribution in [1.29, 1.82) is 0 Å². The minimum Gasteiger partial charge on any atom is -0.256 e. The van der Waals surface area contributed by atoms with Crippen LogP contribution in [0.1, 0.15) is 0 Å². The average Bonchev–Trinajstić information content (AvgIpc) is 2.81. The Morgan fingerprint density at radius 1 is 1.12 bits per heavy atom. The molecule has 16 heavy (non-hydrogen) atoms. The molecule has 3 aromatic rings. The lowest BCUT2D eigenvalue weighted by atomic mass is 10.1. The van der Waals surface area contributed by atoms with Crippen LogP contribution in [0.25, 0.3) is 22.2 Å². The summed E-state index contributed by atoms with van der Waals surface area (Å²) in [5, 5.41) is 3.77. The van der Waals surface area contributed by atoms with Gasteiger partial charge in [0, 0.05) is 27.5 Å². The molecule has 3 rings (SSSR count). The topological polar surface area (TPSA) is 25.8 Å². The molecule has 0 saturated heterocycles. The van der Waals surface area contributed by atoms with Crippen LogP contribution < -0.4 is 0 Å². The molecular weight excluding hydrogens is 240 g/mol. The van der Waals surface area contributed by atoms with Crippen molar-refractivity contribution in [2.75, 3.05) is 0 Å². The summed E-state index contributed by atoms with van der Waals surface area (Å²) in [6.45, 7) is 0. The molecule has 0 fully saturated rings. The Labute approximate surface area is 102 Å². The Balaban J connectivity index is 2.22. The van der Waals surface area contributed by atoms with E-state index in [0.717, 1.165) is 27.2 Å². The molecule has 1 aromatic carbocycles. The van der Waals surface area contributed by atoms with Gasteiger partial charge in [-0.1, -0.05) is 11.6 Å². The van der Waals surface area contributed by atoms with Gasteiger partial charge in [0.15, 0.2) is 0 Å². The number of benzene rings is 1. The van der Waals surface area contributed by atoms with Gasteiger partial charge in [0.05, 0.1) is 16.7 Å². The van der Waals surface area contributed by atoms with E-state index in [-0.39, 0.29) is 0 Å². The first-order chi connectivity index (χ1) is 7.83. The van der Waals surface area contributed by atoms with E-state index in [1.165, 1.54) is 0 Å². The number of hydrogen-bond acceptors (Lipinski definition) is 3. The minimum absolute atomic E-state index is 0.727. The first kappa shape index (κ1) is 9.75. The lowest BCUT2D eigenvalue weighted by Crippen LogP contribution is -1.82. The van der Waals surface area contributed by atoms with E-state index in [4.69, 9.17) is 11.6 Å². The molecule has 0 saturated carbocycles. The normalized spacial score (nSPS) is 10.8. The Bertz CT molecular complexity index is 635. The number of nitrogens with zero attached hydrogens (tertiary/aromatic N) is 2. The van der Waals surface area contributed by atoms with Crippen LogP contribution >= 0.6 is 22.9 Å². The SMILES string of the molecule is Clc1ccc2ncc(-c3cscn3)cc2c1. The highest BCUT2D eigenvalue weighted by atomic mass is 35.5. The van der Waals surface area contributed by atoms with Crippen molar-refractivity contribution in [3.05, 3.63) is 46.4 Å². The highest BCUT2D eigenvalue weighted by Crippen LogP contribution is 2.24. The van der Waals surface area contributed by atoms with Gasteiger partial charge in [-0.15, -0.1) is 11.3 Å². The van der Waals surface area contributed by atoms with Crippen molar-refractivity contribution in [3.8, 4) is 11.3 Å². The van der Waals surface area contributed by atoms with Crippen LogP contribution in [-0.4, -0.2) is 9.97 Å². The van der Waals surface area contributed by atoms with Crippen molar-refractivity contribution >= 4 is 33.8 Å². The quantitative estimate of drug-likeness (QED) is 0.648. The summed E-state index contributed by atoms with van der Waals surface area (Å²) in [6.07, 6.45) is 1.84. The minimum atomic E-state index is 0.727. The van der Waals surface area contributed by atoms with Crippen molar-refractivity contribution < 1.29 is 0 Å². The molecule has 0 amide bonds. The van der Waals surface area contributed by atoms with Gasteiger partial charge >= 0.3 is 0 Å². The molecule has 0 aliphatic rings. The third-order valence-electron chi connectivity index (χ3n) is 2.37. The molecule has 0 atom stereocenters. The maximum absolute atomic E-state index is 5.95. The molecule has 2 heterocycles. The fourth-order valence-electron chi connectivity index (χ4n) is 1.60. The number of rotatable bonds is 1. The first-order valence-electron chi connectivity index (χ1n) is 4.77. The molecule has 0 aliphatic heterocycles. The van der Waals surface area contributed by atoms with E-state index >= 15 is 0 Å². The Hall–Kier alpha value is -1.45. The highest BCUT2D eigenvalue weighted by Gasteiger charge is 2.02. The fourth-order valence-corrected chi connectivity index (χ4v) is 2.34. The number of hydrogen-bond donors (Lipinski definition) is 0. The number of halogens is 1.